The van der Waals surface area contributed by atoms with Gasteiger partial charge in [-0.3, -0.25) is 0 Å². The molecule has 0 aromatic rings. The molecule has 1 aliphatic rings. The van der Waals surface area contributed by atoms with Gasteiger partial charge >= 0.3 is 0 Å². The van der Waals surface area contributed by atoms with Gasteiger partial charge in [0.2, 0.25) is 11.8 Å². The topological polar surface area (TPSA) is 43.2 Å². The van der Waals surface area contributed by atoms with Crippen LogP contribution in [0.25, 0.3) is 0 Å². The van der Waals surface area contributed by atoms with Gasteiger partial charge in [0.1, 0.15) is 12.1 Å². The molecule has 1 unspecified atom stereocenters. The van der Waals surface area contributed by atoms with Gasteiger partial charge in [-0.2, -0.15) is 0 Å². The third kappa shape index (κ3) is 2.97. The molecule has 0 saturated heterocycles. The summed E-state index contributed by atoms with van der Waals surface area (Å²) in [6, 6.07) is -0.0331. The quantitative estimate of drug-likeness (QED) is 0.741. The molecule has 1 rings (SSSR count). The minimum absolute atomic E-state index is 0.00213. The predicted molar refractivity (Wildman–Crippen MR) is 66.2 cm³/mol. The summed E-state index contributed by atoms with van der Waals surface area (Å²) >= 11 is 0. The first kappa shape index (κ1) is 13.0. The number of ether oxygens (including phenoxy) is 2. The fraction of sp³-hybridized carbons (Fsp3) is 0.833. The van der Waals surface area contributed by atoms with Gasteiger partial charge in [-0.25, -0.2) is 9.98 Å². The minimum Gasteiger partial charge on any atom is -0.480 e. The average molecular weight is 226 g/mol. The Morgan fingerprint density at radius 3 is 2.12 bits per heavy atom. The highest BCUT2D eigenvalue weighted by molar-refractivity contribution is 5.93. The van der Waals surface area contributed by atoms with E-state index in [0.717, 1.165) is 11.8 Å². The molecule has 0 saturated carbocycles. The van der Waals surface area contributed by atoms with Crippen molar-refractivity contribution in [2.75, 3.05) is 13.2 Å². The third-order valence-corrected chi connectivity index (χ3v) is 2.41. The predicted octanol–water partition coefficient (Wildman–Crippen LogP) is 2.28. The molecule has 1 aliphatic heterocycles. The Balaban J connectivity index is 2.85. The molecule has 0 fully saturated rings. The van der Waals surface area contributed by atoms with Gasteiger partial charge in [-0.1, -0.05) is 13.8 Å². The SMILES string of the molecule is CCOC1=N[C@@H](C(C)C)C(OCC)=NC1C. The largest absolute Gasteiger partial charge is 0.480 e. The van der Waals surface area contributed by atoms with E-state index >= 15 is 0 Å². The van der Waals surface area contributed by atoms with Crippen LogP contribution in [-0.4, -0.2) is 37.1 Å². The van der Waals surface area contributed by atoms with Crippen molar-refractivity contribution in [2.45, 2.75) is 46.7 Å². The van der Waals surface area contributed by atoms with E-state index in [2.05, 4.69) is 23.8 Å². The summed E-state index contributed by atoms with van der Waals surface area (Å²) in [7, 11) is 0. The van der Waals surface area contributed by atoms with Crippen LogP contribution in [0.1, 0.15) is 34.6 Å². The molecule has 4 heteroatoms. The minimum atomic E-state index is -0.0310. The summed E-state index contributed by atoms with van der Waals surface area (Å²) in [5, 5.41) is 0. The summed E-state index contributed by atoms with van der Waals surface area (Å²) in [4.78, 5) is 9.10. The number of aliphatic imine (C=N–C) groups is 2. The van der Waals surface area contributed by atoms with E-state index in [1.807, 2.05) is 20.8 Å². The van der Waals surface area contributed by atoms with E-state index in [-0.39, 0.29) is 12.1 Å². The normalized spacial score (nSPS) is 25.1. The first-order chi connectivity index (χ1) is 7.60. The summed E-state index contributed by atoms with van der Waals surface area (Å²) in [6.07, 6.45) is 0. The number of hydrogen-bond acceptors (Lipinski definition) is 4. The molecule has 0 amide bonds. The van der Waals surface area contributed by atoms with Crippen LogP contribution in [0.2, 0.25) is 0 Å². The molecule has 92 valence electrons. The second-order valence-electron chi connectivity index (χ2n) is 4.17. The van der Waals surface area contributed by atoms with Crippen LogP contribution in [0.4, 0.5) is 0 Å². The van der Waals surface area contributed by atoms with E-state index in [4.69, 9.17) is 9.47 Å². The molecule has 16 heavy (non-hydrogen) atoms. The summed E-state index contributed by atoms with van der Waals surface area (Å²) < 4.78 is 11.0. The molecule has 0 aromatic carbocycles. The monoisotopic (exact) mass is 226 g/mol. The van der Waals surface area contributed by atoms with E-state index < -0.39 is 0 Å². The van der Waals surface area contributed by atoms with E-state index in [9.17, 15) is 0 Å². The third-order valence-electron chi connectivity index (χ3n) is 2.41. The van der Waals surface area contributed by atoms with Gasteiger partial charge in [-0.05, 0) is 26.7 Å². The smallest absolute Gasteiger partial charge is 0.209 e. The molecule has 0 aliphatic carbocycles. The standard InChI is InChI=1S/C12H22N2O2/c1-6-15-11-9(5)13-12(16-7-2)10(14-11)8(3)4/h8-10H,6-7H2,1-5H3/t9?,10-/m0/s1. The highest BCUT2D eigenvalue weighted by Crippen LogP contribution is 2.17. The molecule has 0 bridgehead atoms. The van der Waals surface area contributed by atoms with Crippen molar-refractivity contribution in [3.05, 3.63) is 0 Å². The molecule has 0 spiro atoms. The van der Waals surface area contributed by atoms with E-state index in [1.165, 1.54) is 0 Å². The fourth-order valence-electron chi connectivity index (χ4n) is 1.63. The molecule has 0 radical (unpaired) electrons. The van der Waals surface area contributed by atoms with Crippen molar-refractivity contribution in [2.24, 2.45) is 15.9 Å². The molecular weight excluding hydrogens is 204 g/mol. The van der Waals surface area contributed by atoms with Gasteiger partial charge in [0.15, 0.2) is 0 Å². The van der Waals surface area contributed by atoms with Gasteiger partial charge in [0, 0.05) is 0 Å². The number of hydrogen-bond donors (Lipinski definition) is 0. The summed E-state index contributed by atoms with van der Waals surface area (Å²) in [6.45, 7) is 11.4. The van der Waals surface area contributed by atoms with Crippen molar-refractivity contribution in [3.63, 3.8) is 0 Å². The van der Waals surface area contributed by atoms with E-state index in [1.54, 1.807) is 0 Å². The van der Waals surface area contributed by atoms with E-state index in [0.29, 0.717) is 19.1 Å². The van der Waals surface area contributed by atoms with Crippen molar-refractivity contribution in [1.29, 1.82) is 0 Å². The zero-order valence-corrected chi connectivity index (χ0v) is 10.9. The Bertz CT molecular complexity index is 285. The molecule has 2 atom stereocenters. The van der Waals surface area contributed by atoms with Gasteiger partial charge in [0.25, 0.3) is 0 Å². The second-order valence-corrected chi connectivity index (χ2v) is 4.17. The van der Waals surface area contributed by atoms with Crippen LogP contribution < -0.4 is 0 Å². The lowest BCUT2D eigenvalue weighted by molar-refractivity contribution is 0.278. The Hall–Kier alpha value is -1.06. The highest BCUT2D eigenvalue weighted by atomic mass is 16.5. The van der Waals surface area contributed by atoms with Crippen LogP contribution in [-0.2, 0) is 9.47 Å². The molecular formula is C12H22N2O2. The number of rotatable bonds is 3. The van der Waals surface area contributed by atoms with Gasteiger partial charge in [0.05, 0.1) is 13.2 Å². The Kier molecular flexibility index (Phi) is 4.77. The first-order valence-corrected chi connectivity index (χ1v) is 6.01. The van der Waals surface area contributed by atoms with Crippen molar-refractivity contribution < 1.29 is 9.47 Å². The fourth-order valence-corrected chi connectivity index (χ4v) is 1.63. The summed E-state index contributed by atoms with van der Waals surface area (Å²) in [5.41, 5.74) is 0. The number of nitrogens with zero attached hydrogens (tertiary/aromatic N) is 2. The second kappa shape index (κ2) is 5.87. The van der Waals surface area contributed by atoms with Gasteiger partial charge in [-0.15, -0.1) is 0 Å². The lowest BCUT2D eigenvalue weighted by Gasteiger charge is -2.26. The van der Waals surface area contributed by atoms with Crippen molar-refractivity contribution >= 4 is 11.8 Å². The zero-order chi connectivity index (χ0) is 12.1. The first-order valence-electron chi connectivity index (χ1n) is 6.01. The Morgan fingerprint density at radius 1 is 1.06 bits per heavy atom. The Labute approximate surface area is 97.8 Å². The Morgan fingerprint density at radius 2 is 1.62 bits per heavy atom. The lowest BCUT2D eigenvalue weighted by Crippen LogP contribution is -2.37. The van der Waals surface area contributed by atoms with Crippen LogP contribution >= 0.6 is 0 Å². The van der Waals surface area contributed by atoms with Crippen LogP contribution in [0.15, 0.2) is 9.98 Å². The van der Waals surface area contributed by atoms with Gasteiger partial charge < -0.3 is 9.47 Å². The highest BCUT2D eigenvalue weighted by Gasteiger charge is 2.28. The lowest BCUT2D eigenvalue weighted by atomic mass is 10.0. The van der Waals surface area contributed by atoms with Crippen LogP contribution in [0.3, 0.4) is 0 Å². The van der Waals surface area contributed by atoms with Crippen LogP contribution in [0.5, 0.6) is 0 Å². The maximum Gasteiger partial charge on any atom is 0.209 e. The van der Waals surface area contributed by atoms with Crippen LogP contribution in [0, 0.1) is 5.92 Å². The molecule has 0 aromatic heterocycles. The summed E-state index contributed by atoms with van der Waals surface area (Å²) in [5.74, 6) is 1.84. The van der Waals surface area contributed by atoms with Crippen molar-refractivity contribution in [3.8, 4) is 0 Å². The maximum absolute atomic E-state index is 5.54. The maximum atomic E-state index is 5.54. The average Bonchev–Trinajstić information content (AvgIpc) is 2.22. The molecule has 0 N–H and O–H groups in total. The van der Waals surface area contributed by atoms with Crippen molar-refractivity contribution in [1.82, 2.24) is 0 Å². The zero-order valence-electron chi connectivity index (χ0n) is 10.9. The molecule has 1 heterocycles. The molecule has 4 nitrogen and oxygen atoms in total.